The van der Waals surface area contributed by atoms with Gasteiger partial charge in [-0.25, -0.2) is 4.39 Å². The summed E-state index contributed by atoms with van der Waals surface area (Å²) in [5, 5.41) is 18.1. The molecule has 1 rings (SSSR count). The summed E-state index contributed by atoms with van der Waals surface area (Å²) in [5.41, 5.74) is 1.05. The highest BCUT2D eigenvalue weighted by Gasteiger charge is 2.14. The molecule has 1 atom stereocenters. The van der Waals surface area contributed by atoms with Crippen LogP contribution in [0.15, 0.2) is 18.2 Å². The van der Waals surface area contributed by atoms with Crippen LogP contribution in [0.4, 0.5) is 10.1 Å². The van der Waals surface area contributed by atoms with Gasteiger partial charge in [0.05, 0.1) is 24.3 Å². The second-order valence-electron chi connectivity index (χ2n) is 5.13. The first-order valence-electron chi connectivity index (χ1n) is 6.55. The van der Waals surface area contributed by atoms with E-state index in [4.69, 9.17) is 5.26 Å². The summed E-state index contributed by atoms with van der Waals surface area (Å²) in [6, 6.07) is 6.85. The maximum Gasteiger partial charge on any atom is 0.146 e. The first-order chi connectivity index (χ1) is 8.95. The van der Waals surface area contributed by atoms with Crippen LogP contribution >= 0.6 is 0 Å². The van der Waals surface area contributed by atoms with E-state index in [0.29, 0.717) is 36.7 Å². The lowest BCUT2D eigenvalue weighted by Gasteiger charge is -2.26. The molecule has 0 fully saturated rings. The van der Waals surface area contributed by atoms with Crippen molar-refractivity contribution in [2.45, 2.75) is 33.3 Å². The number of anilines is 1. The van der Waals surface area contributed by atoms with E-state index in [1.165, 1.54) is 6.07 Å². The molecule has 0 bridgehead atoms. The largest absolute Gasteiger partial charge is 0.389 e. The van der Waals surface area contributed by atoms with Gasteiger partial charge in [-0.1, -0.05) is 19.9 Å². The minimum atomic E-state index is -0.679. The molecule has 0 saturated heterocycles. The lowest BCUT2D eigenvalue weighted by Crippen LogP contribution is -2.29. The Morgan fingerprint density at radius 2 is 2.05 bits per heavy atom. The van der Waals surface area contributed by atoms with Crippen LogP contribution in [-0.4, -0.2) is 18.2 Å². The third kappa shape index (κ3) is 4.53. The Hall–Kier alpha value is -1.60. The number of hydrogen-bond acceptors (Lipinski definition) is 3. The molecule has 104 valence electrons. The van der Waals surface area contributed by atoms with E-state index in [-0.39, 0.29) is 5.82 Å². The van der Waals surface area contributed by atoms with Crippen molar-refractivity contribution in [3.05, 3.63) is 29.6 Å². The van der Waals surface area contributed by atoms with Crippen molar-refractivity contribution >= 4 is 5.69 Å². The monoisotopic (exact) mass is 264 g/mol. The molecule has 4 heteroatoms. The minimum absolute atomic E-state index is 0.350. The van der Waals surface area contributed by atoms with Crippen LogP contribution in [0.3, 0.4) is 0 Å². The zero-order valence-electron chi connectivity index (χ0n) is 11.7. The standard InChI is InChI=1S/C15H21FN2O/c1-11(2)10-18(8-4-7-17)15-6-5-13(12(3)19)9-14(15)16/h5-6,9,11-12,19H,4,8,10H2,1-3H3/t12-/m1/s1. The van der Waals surface area contributed by atoms with E-state index in [2.05, 4.69) is 19.9 Å². The Balaban J connectivity index is 2.98. The molecule has 0 amide bonds. The molecule has 0 aromatic heterocycles. The van der Waals surface area contributed by atoms with Gasteiger partial charge in [-0.15, -0.1) is 0 Å². The number of aliphatic hydroxyl groups is 1. The molecule has 3 nitrogen and oxygen atoms in total. The number of nitriles is 1. The average Bonchev–Trinajstić information content (AvgIpc) is 2.34. The predicted molar refractivity (Wildman–Crippen MR) is 74.3 cm³/mol. The van der Waals surface area contributed by atoms with Crippen LogP contribution in [0.25, 0.3) is 0 Å². The summed E-state index contributed by atoms with van der Waals surface area (Å²) in [7, 11) is 0. The van der Waals surface area contributed by atoms with Gasteiger partial charge in [0.2, 0.25) is 0 Å². The Bertz CT molecular complexity index is 452. The zero-order valence-corrected chi connectivity index (χ0v) is 11.7. The molecule has 0 aliphatic heterocycles. The summed E-state index contributed by atoms with van der Waals surface area (Å²) in [5.74, 6) is 0.0338. The Kier molecular flexibility index (Phi) is 5.78. The molecule has 1 aromatic rings. The van der Waals surface area contributed by atoms with Crippen LogP contribution in [-0.2, 0) is 0 Å². The van der Waals surface area contributed by atoms with Crippen LogP contribution in [0, 0.1) is 23.1 Å². The highest BCUT2D eigenvalue weighted by atomic mass is 19.1. The minimum Gasteiger partial charge on any atom is -0.389 e. The van der Waals surface area contributed by atoms with Crippen LogP contribution in [0.1, 0.15) is 38.9 Å². The molecule has 19 heavy (non-hydrogen) atoms. The summed E-state index contributed by atoms with van der Waals surface area (Å²) in [6.45, 7) is 6.94. The normalized spacial score (nSPS) is 12.3. The van der Waals surface area contributed by atoms with Gasteiger partial charge in [-0.3, -0.25) is 0 Å². The fourth-order valence-corrected chi connectivity index (χ4v) is 1.98. The van der Waals surface area contributed by atoms with Crippen LogP contribution < -0.4 is 4.90 Å². The summed E-state index contributed by atoms with van der Waals surface area (Å²) in [6.07, 6.45) is -0.314. The van der Waals surface area contributed by atoms with Crippen molar-refractivity contribution in [1.29, 1.82) is 5.26 Å². The quantitative estimate of drug-likeness (QED) is 0.858. The summed E-state index contributed by atoms with van der Waals surface area (Å²) in [4.78, 5) is 1.88. The van der Waals surface area contributed by atoms with Gasteiger partial charge in [0.1, 0.15) is 5.82 Å². The third-order valence-corrected chi connectivity index (χ3v) is 2.87. The lowest BCUT2D eigenvalue weighted by molar-refractivity contribution is 0.199. The molecule has 0 heterocycles. The van der Waals surface area contributed by atoms with Crippen molar-refractivity contribution in [2.24, 2.45) is 5.92 Å². The Morgan fingerprint density at radius 3 is 2.53 bits per heavy atom. The topological polar surface area (TPSA) is 47.3 Å². The van der Waals surface area contributed by atoms with Crippen molar-refractivity contribution in [3.8, 4) is 6.07 Å². The molecule has 1 N–H and O–H groups in total. The maximum absolute atomic E-state index is 14.1. The van der Waals surface area contributed by atoms with Crippen molar-refractivity contribution in [1.82, 2.24) is 0 Å². The fourth-order valence-electron chi connectivity index (χ4n) is 1.98. The van der Waals surface area contributed by atoms with E-state index in [0.717, 1.165) is 0 Å². The molecule has 0 saturated carbocycles. The second-order valence-corrected chi connectivity index (χ2v) is 5.13. The van der Waals surface area contributed by atoms with Crippen LogP contribution in [0.5, 0.6) is 0 Å². The van der Waals surface area contributed by atoms with Crippen molar-refractivity contribution < 1.29 is 9.50 Å². The first kappa shape index (κ1) is 15.5. The van der Waals surface area contributed by atoms with Gasteiger partial charge in [0, 0.05) is 13.1 Å². The average molecular weight is 264 g/mol. The van der Waals surface area contributed by atoms with Gasteiger partial charge in [-0.05, 0) is 30.5 Å². The summed E-state index contributed by atoms with van der Waals surface area (Å²) < 4.78 is 14.1. The van der Waals surface area contributed by atoms with Gasteiger partial charge in [0.15, 0.2) is 0 Å². The predicted octanol–water partition coefficient (Wildman–Crippen LogP) is 3.26. The van der Waals surface area contributed by atoms with Gasteiger partial charge in [0.25, 0.3) is 0 Å². The molecule has 0 aliphatic rings. The van der Waals surface area contributed by atoms with Gasteiger partial charge in [-0.2, -0.15) is 5.26 Å². The SMILES string of the molecule is CC(C)CN(CCC#N)c1ccc([C@@H](C)O)cc1F. The molecule has 0 spiro atoms. The second kappa shape index (κ2) is 7.10. The van der Waals surface area contributed by atoms with Gasteiger partial charge >= 0.3 is 0 Å². The maximum atomic E-state index is 14.1. The van der Waals surface area contributed by atoms with Gasteiger partial charge < -0.3 is 10.0 Å². The van der Waals surface area contributed by atoms with Crippen LogP contribution in [0.2, 0.25) is 0 Å². The fraction of sp³-hybridized carbons (Fsp3) is 0.533. The smallest absolute Gasteiger partial charge is 0.146 e. The third-order valence-electron chi connectivity index (χ3n) is 2.87. The highest BCUT2D eigenvalue weighted by molar-refractivity contribution is 5.49. The highest BCUT2D eigenvalue weighted by Crippen LogP contribution is 2.24. The molecule has 0 radical (unpaired) electrons. The molecule has 0 aliphatic carbocycles. The number of benzene rings is 1. The van der Waals surface area contributed by atoms with E-state index in [9.17, 15) is 9.50 Å². The number of halogens is 1. The summed E-state index contributed by atoms with van der Waals surface area (Å²) >= 11 is 0. The Labute approximate surface area is 114 Å². The molecule has 1 aromatic carbocycles. The van der Waals surface area contributed by atoms with Crippen molar-refractivity contribution in [3.63, 3.8) is 0 Å². The van der Waals surface area contributed by atoms with E-state index < -0.39 is 6.10 Å². The van der Waals surface area contributed by atoms with Crippen molar-refractivity contribution in [2.75, 3.05) is 18.0 Å². The van der Waals surface area contributed by atoms with E-state index in [1.807, 2.05) is 4.90 Å². The number of aliphatic hydroxyl groups excluding tert-OH is 1. The number of hydrogen-bond donors (Lipinski definition) is 1. The Morgan fingerprint density at radius 1 is 1.37 bits per heavy atom. The lowest BCUT2D eigenvalue weighted by atomic mass is 10.1. The molecular weight excluding hydrogens is 243 g/mol. The number of nitrogens with zero attached hydrogens (tertiary/aromatic N) is 2. The zero-order chi connectivity index (χ0) is 14.4. The molecular formula is C15H21FN2O. The first-order valence-corrected chi connectivity index (χ1v) is 6.55. The van der Waals surface area contributed by atoms with E-state index in [1.54, 1.807) is 19.1 Å². The number of rotatable bonds is 6. The molecule has 0 unspecified atom stereocenters. The van der Waals surface area contributed by atoms with E-state index >= 15 is 0 Å².